The van der Waals surface area contributed by atoms with E-state index in [1.807, 2.05) is 60.9 Å². The number of hydrogen-bond donors (Lipinski definition) is 0. The third-order valence-corrected chi connectivity index (χ3v) is 4.62. The first-order valence-electron chi connectivity index (χ1n) is 8.59. The van der Waals surface area contributed by atoms with Gasteiger partial charge in [-0.1, -0.05) is 18.2 Å². The maximum atomic E-state index is 12.3. The highest BCUT2D eigenvalue weighted by Crippen LogP contribution is 2.39. The molecule has 134 valence electrons. The summed E-state index contributed by atoms with van der Waals surface area (Å²) in [5, 5.41) is 10.1. The van der Waals surface area contributed by atoms with Crippen LogP contribution in [0.25, 0.3) is 16.6 Å². The number of aromatic nitrogens is 1. The number of methoxy groups -OCH3 is 1. The lowest BCUT2D eigenvalue weighted by Crippen LogP contribution is -2.30. The first-order chi connectivity index (χ1) is 12.9. The summed E-state index contributed by atoms with van der Waals surface area (Å²) in [5.74, 6) is 0.316. The zero-order valence-electron chi connectivity index (χ0n) is 15.3. The summed E-state index contributed by atoms with van der Waals surface area (Å²) in [6.07, 6.45) is 3.79. The van der Waals surface area contributed by atoms with Gasteiger partial charge in [-0.2, -0.15) is 5.26 Å². The Morgan fingerprint density at radius 2 is 2.00 bits per heavy atom. The van der Waals surface area contributed by atoms with Gasteiger partial charge in [0.1, 0.15) is 11.4 Å². The molecule has 0 fully saturated rings. The number of nitriles is 1. The van der Waals surface area contributed by atoms with Crippen LogP contribution in [-0.4, -0.2) is 23.2 Å². The molecule has 5 heteroatoms. The Balaban J connectivity index is 2.02. The van der Waals surface area contributed by atoms with Crippen LogP contribution in [0.15, 0.2) is 54.7 Å². The van der Waals surface area contributed by atoms with Crippen molar-refractivity contribution in [3.63, 3.8) is 0 Å². The van der Waals surface area contributed by atoms with Crippen molar-refractivity contribution in [2.75, 3.05) is 7.11 Å². The molecule has 27 heavy (non-hydrogen) atoms. The minimum absolute atomic E-state index is 0.386. The van der Waals surface area contributed by atoms with Gasteiger partial charge in [-0.25, -0.2) is 4.79 Å². The number of benzene rings is 2. The number of nitrogens with zero attached hydrogens (tertiary/aromatic N) is 2. The predicted octanol–water partition coefficient (Wildman–Crippen LogP) is 4.36. The molecule has 0 saturated heterocycles. The molecule has 0 spiro atoms. The molecular formula is C22H18N2O3. The molecule has 0 bridgehead atoms. The van der Waals surface area contributed by atoms with Crippen molar-refractivity contribution in [3.8, 4) is 11.8 Å². The molecule has 0 radical (unpaired) electrons. The summed E-state index contributed by atoms with van der Waals surface area (Å²) in [6, 6.07) is 15.2. The van der Waals surface area contributed by atoms with Crippen molar-refractivity contribution in [3.05, 3.63) is 71.4 Å². The van der Waals surface area contributed by atoms with E-state index in [-0.39, 0.29) is 5.97 Å². The topological polar surface area (TPSA) is 64.2 Å². The third kappa shape index (κ3) is 2.76. The van der Waals surface area contributed by atoms with Crippen molar-refractivity contribution >= 4 is 22.6 Å². The second-order valence-electron chi connectivity index (χ2n) is 6.98. The van der Waals surface area contributed by atoms with Crippen LogP contribution in [0.2, 0.25) is 0 Å². The fourth-order valence-electron chi connectivity index (χ4n) is 3.46. The van der Waals surface area contributed by atoms with Crippen LogP contribution >= 0.6 is 0 Å². The SMILES string of the molecule is COC(=O)c1cn(C2=CC(C)(C)Oc3ccc(C#N)cc32)c2ccccc12. The van der Waals surface area contributed by atoms with Crippen molar-refractivity contribution < 1.29 is 14.3 Å². The van der Waals surface area contributed by atoms with Gasteiger partial charge < -0.3 is 14.0 Å². The Hall–Kier alpha value is -3.52. The highest BCUT2D eigenvalue weighted by Gasteiger charge is 2.29. The minimum atomic E-state index is -0.534. The van der Waals surface area contributed by atoms with Gasteiger partial charge in [0, 0.05) is 17.1 Å². The van der Waals surface area contributed by atoms with Crippen molar-refractivity contribution in [1.82, 2.24) is 4.57 Å². The van der Waals surface area contributed by atoms with Crippen LogP contribution in [0.3, 0.4) is 0 Å². The van der Waals surface area contributed by atoms with E-state index in [1.54, 1.807) is 12.3 Å². The molecule has 0 atom stereocenters. The molecule has 2 aromatic carbocycles. The number of hydrogen-bond acceptors (Lipinski definition) is 4. The average Bonchev–Trinajstić information content (AvgIpc) is 3.05. The predicted molar refractivity (Wildman–Crippen MR) is 103 cm³/mol. The first kappa shape index (κ1) is 16.9. The Kier molecular flexibility index (Phi) is 3.78. The van der Waals surface area contributed by atoms with Gasteiger partial charge in [-0.3, -0.25) is 0 Å². The van der Waals surface area contributed by atoms with Gasteiger partial charge in [0.05, 0.1) is 35.5 Å². The number of esters is 1. The summed E-state index contributed by atoms with van der Waals surface area (Å²) in [6.45, 7) is 3.95. The van der Waals surface area contributed by atoms with E-state index in [0.29, 0.717) is 16.9 Å². The summed E-state index contributed by atoms with van der Waals surface area (Å²) in [5.41, 5.74) is 3.07. The average molecular weight is 358 g/mol. The lowest BCUT2D eigenvalue weighted by atomic mass is 9.97. The fraction of sp³-hybridized carbons (Fsp3) is 0.182. The van der Waals surface area contributed by atoms with Crippen molar-refractivity contribution in [1.29, 1.82) is 5.26 Å². The maximum Gasteiger partial charge on any atom is 0.340 e. The molecule has 0 saturated carbocycles. The van der Waals surface area contributed by atoms with Gasteiger partial charge in [-0.15, -0.1) is 0 Å². The Labute approximate surface area is 157 Å². The standard InChI is InChI=1S/C22H18N2O3/c1-22(2)11-19(16-10-14(12-23)8-9-20(16)27-22)24-13-17(21(25)26-3)15-6-4-5-7-18(15)24/h4-11,13H,1-3H3. The van der Waals surface area contributed by atoms with E-state index < -0.39 is 5.60 Å². The third-order valence-electron chi connectivity index (χ3n) is 4.62. The van der Waals surface area contributed by atoms with Crippen LogP contribution < -0.4 is 4.74 Å². The summed E-state index contributed by atoms with van der Waals surface area (Å²) < 4.78 is 13.0. The van der Waals surface area contributed by atoms with E-state index in [2.05, 4.69) is 6.07 Å². The van der Waals surface area contributed by atoms with Crippen LogP contribution in [-0.2, 0) is 4.74 Å². The molecule has 5 nitrogen and oxygen atoms in total. The summed E-state index contributed by atoms with van der Waals surface area (Å²) in [4.78, 5) is 12.3. The largest absolute Gasteiger partial charge is 0.483 e. The van der Waals surface area contributed by atoms with Crippen LogP contribution in [0.1, 0.15) is 35.3 Å². The Morgan fingerprint density at radius 3 is 2.74 bits per heavy atom. The molecule has 0 N–H and O–H groups in total. The molecule has 0 amide bonds. The highest BCUT2D eigenvalue weighted by molar-refractivity contribution is 6.05. The normalized spacial score (nSPS) is 14.7. The molecule has 2 heterocycles. The van der Waals surface area contributed by atoms with Crippen LogP contribution in [0.5, 0.6) is 5.75 Å². The summed E-state index contributed by atoms with van der Waals surface area (Å²) in [7, 11) is 1.37. The molecule has 1 aromatic heterocycles. The van der Waals surface area contributed by atoms with E-state index in [0.717, 1.165) is 22.2 Å². The molecule has 0 aliphatic carbocycles. The summed E-state index contributed by atoms with van der Waals surface area (Å²) >= 11 is 0. The highest BCUT2D eigenvalue weighted by atomic mass is 16.5. The van der Waals surface area contributed by atoms with Gasteiger partial charge >= 0.3 is 5.97 Å². The number of ether oxygens (including phenoxy) is 2. The first-order valence-corrected chi connectivity index (χ1v) is 8.59. The Bertz CT molecular complexity index is 1150. The minimum Gasteiger partial charge on any atom is -0.483 e. The quantitative estimate of drug-likeness (QED) is 0.639. The fourth-order valence-corrected chi connectivity index (χ4v) is 3.46. The smallest absolute Gasteiger partial charge is 0.340 e. The maximum absolute atomic E-state index is 12.3. The molecular weight excluding hydrogens is 340 g/mol. The number of carbonyl (C=O) groups excluding carboxylic acids is 1. The molecule has 0 unspecified atom stereocenters. The van der Waals surface area contributed by atoms with Crippen molar-refractivity contribution in [2.45, 2.75) is 19.4 Å². The number of fused-ring (bicyclic) bond motifs is 2. The number of rotatable bonds is 2. The molecule has 4 rings (SSSR count). The lowest BCUT2D eigenvalue weighted by molar-refractivity contribution is 0.0603. The molecule has 1 aliphatic rings. The van der Waals surface area contributed by atoms with E-state index in [9.17, 15) is 10.1 Å². The lowest BCUT2D eigenvalue weighted by Gasteiger charge is -2.31. The second kappa shape index (κ2) is 6.03. The number of carbonyl (C=O) groups is 1. The van der Waals surface area contributed by atoms with Crippen LogP contribution in [0.4, 0.5) is 0 Å². The molecule has 3 aromatic rings. The van der Waals surface area contributed by atoms with Gasteiger partial charge in [-0.05, 0) is 44.2 Å². The van der Waals surface area contributed by atoms with Gasteiger partial charge in [0.25, 0.3) is 0 Å². The van der Waals surface area contributed by atoms with Crippen LogP contribution in [0, 0.1) is 11.3 Å². The Morgan fingerprint density at radius 1 is 1.22 bits per heavy atom. The van der Waals surface area contributed by atoms with E-state index >= 15 is 0 Å². The van der Waals surface area contributed by atoms with Gasteiger partial charge in [0.2, 0.25) is 0 Å². The zero-order valence-corrected chi connectivity index (χ0v) is 15.3. The van der Waals surface area contributed by atoms with Crippen molar-refractivity contribution in [2.24, 2.45) is 0 Å². The van der Waals surface area contributed by atoms with Gasteiger partial charge in [0.15, 0.2) is 0 Å². The molecule has 1 aliphatic heterocycles. The zero-order chi connectivity index (χ0) is 19.2. The monoisotopic (exact) mass is 358 g/mol. The second-order valence-corrected chi connectivity index (χ2v) is 6.98. The van der Waals surface area contributed by atoms with E-state index in [4.69, 9.17) is 9.47 Å². The van der Waals surface area contributed by atoms with E-state index in [1.165, 1.54) is 7.11 Å². The number of para-hydroxylation sites is 1.